The number of methoxy groups -OCH3 is 3. The molecule has 0 aromatic rings. The molecule has 1 amide bonds. The number of esters is 1. The number of carbonyl (C=O) groups excluding carboxylic acids is 5. The lowest BCUT2D eigenvalue weighted by atomic mass is 9.78. The maximum absolute atomic E-state index is 14.5. The van der Waals surface area contributed by atoms with Crippen LogP contribution in [-0.2, 0) is 52.4 Å². The number of aliphatic hydroxyl groups is 3. The summed E-state index contributed by atoms with van der Waals surface area (Å²) in [7, 11) is 4.62. The van der Waals surface area contributed by atoms with E-state index in [2.05, 4.69) is 0 Å². The molecular weight excluding hydrogens is 875 g/mol. The van der Waals surface area contributed by atoms with Crippen molar-refractivity contribution in [3.8, 4) is 0 Å². The highest BCUT2D eigenvalue weighted by molar-refractivity contribution is 6.39. The minimum atomic E-state index is -2.43. The van der Waals surface area contributed by atoms with E-state index in [4.69, 9.17) is 28.4 Å². The van der Waals surface area contributed by atoms with Gasteiger partial charge in [0.05, 0.1) is 43.7 Å². The first-order valence-corrected chi connectivity index (χ1v) is 25.3. The summed E-state index contributed by atoms with van der Waals surface area (Å²) in [6.07, 6.45) is 11.1. The number of ether oxygens (including phenoxy) is 6. The van der Waals surface area contributed by atoms with Crippen molar-refractivity contribution in [1.29, 1.82) is 0 Å². The van der Waals surface area contributed by atoms with Gasteiger partial charge >= 0.3 is 5.97 Å². The van der Waals surface area contributed by atoms with Crippen LogP contribution in [0.2, 0.25) is 0 Å². The lowest BCUT2D eigenvalue weighted by Crippen LogP contribution is -2.61. The molecule has 15 nitrogen and oxygen atoms in total. The zero-order chi connectivity index (χ0) is 50.3. The Morgan fingerprint density at radius 1 is 0.838 bits per heavy atom. The second-order valence-corrected chi connectivity index (χ2v) is 20.6. The number of amides is 1. The van der Waals surface area contributed by atoms with Gasteiger partial charge in [0.2, 0.25) is 5.79 Å². The minimum Gasteiger partial charge on any atom is -0.460 e. The molecule has 3 aliphatic heterocycles. The molecule has 0 radical (unpaired) electrons. The summed E-state index contributed by atoms with van der Waals surface area (Å²) in [6, 6.07) is -1.13. The van der Waals surface area contributed by atoms with Gasteiger partial charge in [0.25, 0.3) is 11.7 Å². The topological polar surface area (TPSA) is 205 Å². The highest BCUT2D eigenvalue weighted by Crippen LogP contribution is 2.38. The predicted octanol–water partition coefficient (Wildman–Crippen LogP) is 6.28. The Bertz CT molecular complexity index is 1750. The van der Waals surface area contributed by atoms with Crippen LogP contribution in [0, 0.1) is 41.4 Å². The number of cyclic esters (lactones) is 1. The number of fused-ring (bicyclic) bond motifs is 3. The second-order valence-electron chi connectivity index (χ2n) is 20.6. The van der Waals surface area contributed by atoms with Crippen LogP contribution in [-0.4, -0.2) is 145 Å². The van der Waals surface area contributed by atoms with Gasteiger partial charge in [0, 0.05) is 58.5 Å². The minimum absolute atomic E-state index is 0.0304. The van der Waals surface area contributed by atoms with E-state index in [1.807, 2.05) is 58.1 Å². The average molecular weight is 960 g/mol. The molecule has 0 aromatic carbocycles. The number of rotatable bonds is 9. The molecule has 2 bridgehead atoms. The van der Waals surface area contributed by atoms with E-state index in [0.717, 1.165) is 12.0 Å². The molecule has 1 aliphatic carbocycles. The van der Waals surface area contributed by atoms with Crippen molar-refractivity contribution in [1.82, 2.24) is 4.90 Å². The van der Waals surface area contributed by atoms with Gasteiger partial charge < -0.3 is 48.6 Å². The molecule has 4 rings (SSSR count). The number of aliphatic hydroxyl groups excluding tert-OH is 2. The lowest BCUT2D eigenvalue weighted by molar-refractivity contribution is -0.265. The predicted molar refractivity (Wildman–Crippen MR) is 256 cm³/mol. The average Bonchev–Trinajstić information content (AvgIpc) is 3.32. The smallest absolute Gasteiger partial charge is 0.329 e. The van der Waals surface area contributed by atoms with Crippen molar-refractivity contribution in [3.63, 3.8) is 0 Å². The second kappa shape index (κ2) is 27.5. The zero-order valence-electron chi connectivity index (χ0n) is 42.6. The molecule has 3 N–H and O–H groups in total. The summed E-state index contributed by atoms with van der Waals surface area (Å²) in [5, 5.41) is 32.9. The molecule has 1 saturated carbocycles. The van der Waals surface area contributed by atoms with E-state index in [0.29, 0.717) is 57.8 Å². The third-order valence-corrected chi connectivity index (χ3v) is 15.3. The Labute approximate surface area is 405 Å². The van der Waals surface area contributed by atoms with Gasteiger partial charge in [-0.3, -0.25) is 19.2 Å². The Morgan fingerprint density at radius 3 is 2.25 bits per heavy atom. The number of hydrogen-bond acceptors (Lipinski definition) is 14. The fourth-order valence-corrected chi connectivity index (χ4v) is 10.8. The van der Waals surface area contributed by atoms with E-state index >= 15 is 0 Å². The molecule has 16 atom stereocenters. The molecule has 2 saturated heterocycles. The number of carbonyl (C=O) groups is 5. The van der Waals surface area contributed by atoms with Gasteiger partial charge in [-0.05, 0) is 107 Å². The number of piperidine rings is 1. The maximum Gasteiger partial charge on any atom is 0.329 e. The first-order chi connectivity index (χ1) is 32.3. The van der Waals surface area contributed by atoms with Crippen LogP contribution >= 0.6 is 0 Å². The number of nitrogens with zero attached hydrogens (tertiary/aromatic N) is 1. The Kier molecular flexibility index (Phi) is 23.2. The summed E-state index contributed by atoms with van der Waals surface area (Å²) in [5.74, 6) is -8.07. The van der Waals surface area contributed by atoms with Gasteiger partial charge in [0.1, 0.15) is 24.0 Å². The van der Waals surface area contributed by atoms with Crippen LogP contribution in [0.4, 0.5) is 0 Å². The SMILES string of the molecule is COC1CC2CCC(C)C(O)(O2)C(=O)C(=O)N2CCCCC2C(=O)OC(C(C)CC2CCC(OCCO)C(OC)C2)CC(=O)C(C)CC(C)C(O)C(OC)C(=O)C(C)CC(C)/C=C/C=CC=C1C. The molecule has 3 fully saturated rings. The fourth-order valence-electron chi connectivity index (χ4n) is 10.8. The highest BCUT2D eigenvalue weighted by Gasteiger charge is 2.53. The third-order valence-electron chi connectivity index (χ3n) is 15.3. The van der Waals surface area contributed by atoms with Crippen LogP contribution in [0.3, 0.4) is 0 Å². The van der Waals surface area contributed by atoms with E-state index in [1.54, 1.807) is 35.0 Å². The van der Waals surface area contributed by atoms with Crippen molar-refractivity contribution in [3.05, 3.63) is 36.0 Å². The molecule has 68 heavy (non-hydrogen) atoms. The molecule has 386 valence electrons. The first-order valence-electron chi connectivity index (χ1n) is 25.3. The van der Waals surface area contributed by atoms with Crippen molar-refractivity contribution in [2.75, 3.05) is 41.1 Å². The molecule has 4 aliphatic rings. The summed E-state index contributed by atoms with van der Waals surface area (Å²) in [4.78, 5) is 72.2. The highest BCUT2D eigenvalue weighted by atomic mass is 16.6. The Balaban J connectivity index is 1.67. The van der Waals surface area contributed by atoms with Crippen molar-refractivity contribution < 1.29 is 67.7 Å². The standard InChI is InChI=1S/C53H85NO14/c1-32-16-12-11-13-17-33(2)44(63-8)30-40-21-19-38(7)53(62,68-40)50(59)51(60)54-23-15-14-18-41(54)52(61)67-45(35(4)28-39-20-22-43(66-25-24-55)46(29-39)64-9)31-42(56)34(3)27-37(6)48(58)49(65-10)47(57)36(5)26-32/h11-13,16-17,32,34-41,43-46,48-49,55,58,62H,14-15,18-31H2,1-10H3/b13-11?,16-12+,33-17?. The van der Waals surface area contributed by atoms with Crippen molar-refractivity contribution >= 4 is 29.2 Å². The van der Waals surface area contributed by atoms with Crippen molar-refractivity contribution in [2.45, 2.75) is 186 Å². The third kappa shape index (κ3) is 15.4. The lowest BCUT2D eigenvalue weighted by Gasteiger charge is -2.42. The number of allylic oxidation sites excluding steroid dienone is 5. The van der Waals surface area contributed by atoms with Gasteiger partial charge in [-0.1, -0.05) is 71.9 Å². The molecule has 15 heteroatoms. The normalized spacial score (nSPS) is 38.3. The summed E-state index contributed by atoms with van der Waals surface area (Å²) >= 11 is 0. The summed E-state index contributed by atoms with van der Waals surface area (Å²) in [6.45, 7) is 13.2. The Hall–Kier alpha value is -3.15. The van der Waals surface area contributed by atoms with E-state index < -0.39 is 83.7 Å². The monoisotopic (exact) mass is 960 g/mol. The number of hydrogen-bond donors (Lipinski definition) is 3. The van der Waals surface area contributed by atoms with Crippen LogP contribution in [0.5, 0.6) is 0 Å². The quantitative estimate of drug-likeness (QED) is 0.172. The number of Topliss-reactive ketones (excluding diaryl/α,β-unsaturated/α-hetero) is 3. The van der Waals surface area contributed by atoms with E-state index in [9.17, 15) is 39.3 Å². The van der Waals surface area contributed by atoms with Crippen LogP contribution < -0.4 is 0 Å². The fraction of sp³-hybridized carbons (Fsp3) is 0.792. The molecule has 0 aromatic heterocycles. The first kappa shape index (κ1) is 57.4. The Morgan fingerprint density at radius 2 is 1.57 bits per heavy atom. The van der Waals surface area contributed by atoms with Gasteiger partial charge in [0.15, 0.2) is 5.78 Å². The van der Waals surface area contributed by atoms with E-state index in [1.165, 1.54) is 12.0 Å². The summed E-state index contributed by atoms with van der Waals surface area (Å²) in [5.41, 5.74) is 0.883. The van der Waals surface area contributed by atoms with Crippen LogP contribution in [0.25, 0.3) is 0 Å². The van der Waals surface area contributed by atoms with Crippen molar-refractivity contribution in [2.24, 2.45) is 41.4 Å². The largest absolute Gasteiger partial charge is 0.460 e. The van der Waals surface area contributed by atoms with Crippen LogP contribution in [0.15, 0.2) is 36.0 Å². The van der Waals surface area contributed by atoms with Crippen LogP contribution in [0.1, 0.15) is 132 Å². The van der Waals surface area contributed by atoms with Gasteiger partial charge in [-0.2, -0.15) is 0 Å². The molecule has 3 heterocycles. The van der Waals surface area contributed by atoms with Gasteiger partial charge in [-0.25, -0.2) is 4.79 Å². The molecular formula is C53H85NO14. The van der Waals surface area contributed by atoms with Gasteiger partial charge in [-0.15, -0.1) is 0 Å². The molecule has 0 spiro atoms. The summed E-state index contributed by atoms with van der Waals surface area (Å²) < 4.78 is 35.6. The van der Waals surface area contributed by atoms with E-state index in [-0.39, 0.29) is 80.5 Å². The zero-order valence-corrected chi connectivity index (χ0v) is 42.6. The number of ketones is 3. The maximum atomic E-state index is 14.5. The molecule has 16 unspecified atom stereocenters.